The predicted molar refractivity (Wildman–Crippen MR) is 74.7 cm³/mol. The fraction of sp³-hybridized carbons (Fsp3) is 0.455. The molecule has 1 aromatic rings. The zero-order chi connectivity index (χ0) is 14.1. The standard InChI is InChI=1S/C11H13BrClNO4S/c12-9-5-8(1-2-10(9)13)19(16,17)14-6-11(15)3-4-18-7-11/h1-2,5,14-15H,3-4,6-7H2. The van der Waals surface area contributed by atoms with Crippen LogP contribution < -0.4 is 4.72 Å². The summed E-state index contributed by atoms with van der Waals surface area (Å²) in [5.41, 5.74) is -1.13. The summed E-state index contributed by atoms with van der Waals surface area (Å²) in [5, 5.41) is 10.5. The van der Waals surface area contributed by atoms with E-state index in [1.807, 2.05) is 0 Å². The van der Waals surface area contributed by atoms with Crippen LogP contribution in [0.4, 0.5) is 0 Å². The van der Waals surface area contributed by atoms with Crippen LogP contribution in [0.5, 0.6) is 0 Å². The summed E-state index contributed by atoms with van der Waals surface area (Å²) in [4.78, 5) is 0.0892. The lowest BCUT2D eigenvalue weighted by Crippen LogP contribution is -2.43. The van der Waals surface area contributed by atoms with Gasteiger partial charge < -0.3 is 9.84 Å². The fourth-order valence-electron chi connectivity index (χ4n) is 1.69. The first-order valence-electron chi connectivity index (χ1n) is 5.57. The van der Waals surface area contributed by atoms with Gasteiger partial charge in [-0.25, -0.2) is 13.1 Å². The maximum atomic E-state index is 12.1. The Hall–Kier alpha value is -0.180. The number of sulfonamides is 1. The van der Waals surface area contributed by atoms with Crippen molar-refractivity contribution in [3.63, 3.8) is 0 Å². The molecule has 1 fully saturated rings. The minimum atomic E-state index is -3.68. The van der Waals surface area contributed by atoms with Crippen LogP contribution in [-0.4, -0.2) is 38.9 Å². The van der Waals surface area contributed by atoms with Crippen LogP contribution >= 0.6 is 27.5 Å². The summed E-state index contributed by atoms with van der Waals surface area (Å²) < 4.78 is 32.1. The molecule has 0 aliphatic carbocycles. The predicted octanol–water partition coefficient (Wildman–Crippen LogP) is 1.53. The molecule has 0 bridgehead atoms. The monoisotopic (exact) mass is 369 g/mol. The van der Waals surface area contributed by atoms with Gasteiger partial charge in [-0.3, -0.25) is 0 Å². The number of hydrogen-bond acceptors (Lipinski definition) is 4. The number of ether oxygens (including phenoxy) is 1. The summed E-state index contributed by atoms with van der Waals surface area (Å²) in [6, 6.07) is 4.32. The van der Waals surface area contributed by atoms with E-state index < -0.39 is 15.6 Å². The van der Waals surface area contributed by atoms with E-state index in [1.54, 1.807) is 0 Å². The van der Waals surface area contributed by atoms with Crippen LogP contribution in [0.3, 0.4) is 0 Å². The van der Waals surface area contributed by atoms with Crippen molar-refractivity contribution in [1.29, 1.82) is 0 Å². The number of hydrogen-bond donors (Lipinski definition) is 2. The van der Waals surface area contributed by atoms with Gasteiger partial charge in [0, 0.05) is 24.0 Å². The molecule has 1 aromatic carbocycles. The highest BCUT2D eigenvalue weighted by atomic mass is 79.9. The van der Waals surface area contributed by atoms with Gasteiger partial charge in [0.25, 0.3) is 0 Å². The van der Waals surface area contributed by atoms with Gasteiger partial charge in [0.1, 0.15) is 5.60 Å². The van der Waals surface area contributed by atoms with Gasteiger partial charge in [-0.15, -0.1) is 0 Å². The molecule has 0 amide bonds. The van der Waals surface area contributed by atoms with Crippen molar-refractivity contribution in [2.24, 2.45) is 0 Å². The molecular weight excluding hydrogens is 358 g/mol. The largest absolute Gasteiger partial charge is 0.386 e. The Balaban J connectivity index is 2.11. The third-order valence-electron chi connectivity index (χ3n) is 2.88. The molecule has 0 radical (unpaired) electrons. The van der Waals surface area contributed by atoms with Gasteiger partial charge in [0.2, 0.25) is 10.0 Å². The topological polar surface area (TPSA) is 75.6 Å². The number of nitrogens with one attached hydrogen (secondary N) is 1. The van der Waals surface area contributed by atoms with Gasteiger partial charge >= 0.3 is 0 Å². The highest BCUT2D eigenvalue weighted by Crippen LogP contribution is 2.25. The molecule has 2 N–H and O–H groups in total. The first-order valence-corrected chi connectivity index (χ1v) is 8.23. The Bertz CT molecular complexity index is 572. The van der Waals surface area contributed by atoms with Gasteiger partial charge in [-0.05, 0) is 34.1 Å². The van der Waals surface area contributed by atoms with E-state index >= 15 is 0 Å². The zero-order valence-corrected chi connectivity index (χ0v) is 13.1. The van der Waals surface area contributed by atoms with Crippen molar-refractivity contribution < 1.29 is 18.3 Å². The van der Waals surface area contributed by atoms with Crippen LogP contribution in [0.15, 0.2) is 27.6 Å². The number of aliphatic hydroxyl groups is 1. The van der Waals surface area contributed by atoms with E-state index in [4.69, 9.17) is 16.3 Å². The molecule has 106 valence electrons. The van der Waals surface area contributed by atoms with Gasteiger partial charge in [0.15, 0.2) is 0 Å². The zero-order valence-electron chi connectivity index (χ0n) is 9.90. The Labute approximate surface area is 125 Å². The molecule has 1 atom stereocenters. The first kappa shape index (κ1) is 15.2. The Kier molecular flexibility index (Phi) is 4.54. The summed E-state index contributed by atoms with van der Waals surface area (Å²) in [6.07, 6.45) is 0.417. The highest BCUT2D eigenvalue weighted by Gasteiger charge is 2.33. The van der Waals surface area contributed by atoms with Crippen molar-refractivity contribution in [2.75, 3.05) is 19.8 Å². The quantitative estimate of drug-likeness (QED) is 0.843. The van der Waals surface area contributed by atoms with E-state index in [9.17, 15) is 13.5 Å². The van der Waals surface area contributed by atoms with Crippen molar-refractivity contribution >= 4 is 37.6 Å². The lowest BCUT2D eigenvalue weighted by Gasteiger charge is -2.20. The number of benzene rings is 1. The molecule has 2 rings (SSSR count). The second kappa shape index (κ2) is 5.67. The van der Waals surface area contributed by atoms with E-state index in [-0.39, 0.29) is 18.0 Å². The maximum Gasteiger partial charge on any atom is 0.240 e. The third kappa shape index (κ3) is 3.68. The molecule has 0 spiro atoms. The molecule has 1 aliphatic rings. The van der Waals surface area contributed by atoms with Gasteiger partial charge in [-0.2, -0.15) is 0 Å². The van der Waals surface area contributed by atoms with Crippen LogP contribution in [0, 0.1) is 0 Å². The van der Waals surface area contributed by atoms with E-state index in [0.29, 0.717) is 22.5 Å². The summed E-state index contributed by atoms with van der Waals surface area (Å²) in [7, 11) is -3.68. The molecule has 0 saturated carbocycles. The third-order valence-corrected chi connectivity index (χ3v) is 5.49. The highest BCUT2D eigenvalue weighted by molar-refractivity contribution is 9.10. The molecular formula is C11H13BrClNO4S. The van der Waals surface area contributed by atoms with E-state index in [2.05, 4.69) is 20.7 Å². The number of rotatable bonds is 4. The minimum Gasteiger partial charge on any atom is -0.386 e. The minimum absolute atomic E-state index is 0.0738. The second-order valence-electron chi connectivity index (χ2n) is 4.43. The Morgan fingerprint density at radius 1 is 1.53 bits per heavy atom. The maximum absolute atomic E-state index is 12.1. The molecule has 8 heteroatoms. The van der Waals surface area contributed by atoms with E-state index in [0.717, 1.165) is 0 Å². The lowest BCUT2D eigenvalue weighted by molar-refractivity contribution is 0.0314. The molecule has 1 unspecified atom stereocenters. The van der Waals surface area contributed by atoms with Crippen LogP contribution in [0.1, 0.15) is 6.42 Å². The van der Waals surface area contributed by atoms with Crippen LogP contribution in [0.2, 0.25) is 5.02 Å². The van der Waals surface area contributed by atoms with E-state index in [1.165, 1.54) is 18.2 Å². The second-order valence-corrected chi connectivity index (χ2v) is 7.46. The lowest BCUT2D eigenvalue weighted by atomic mass is 10.1. The molecule has 1 saturated heterocycles. The SMILES string of the molecule is O=S(=O)(NCC1(O)CCOC1)c1ccc(Cl)c(Br)c1. The number of halogens is 2. The average Bonchev–Trinajstić information content (AvgIpc) is 2.78. The average molecular weight is 371 g/mol. The smallest absolute Gasteiger partial charge is 0.240 e. The summed E-state index contributed by atoms with van der Waals surface area (Å²) in [5.74, 6) is 0. The Morgan fingerprint density at radius 3 is 2.84 bits per heavy atom. The van der Waals surface area contributed by atoms with Crippen molar-refractivity contribution in [2.45, 2.75) is 16.9 Å². The normalized spacial score (nSPS) is 23.7. The molecule has 1 aliphatic heterocycles. The van der Waals surface area contributed by atoms with Crippen molar-refractivity contribution in [1.82, 2.24) is 4.72 Å². The summed E-state index contributed by atoms with van der Waals surface area (Å²) in [6.45, 7) is 0.500. The molecule has 0 aromatic heterocycles. The van der Waals surface area contributed by atoms with Crippen LogP contribution in [-0.2, 0) is 14.8 Å². The fourth-order valence-corrected chi connectivity index (χ4v) is 3.49. The van der Waals surface area contributed by atoms with Crippen molar-refractivity contribution in [3.8, 4) is 0 Å². The van der Waals surface area contributed by atoms with Gasteiger partial charge in [-0.1, -0.05) is 11.6 Å². The van der Waals surface area contributed by atoms with Crippen LogP contribution in [0.25, 0.3) is 0 Å². The summed E-state index contributed by atoms with van der Waals surface area (Å²) >= 11 is 8.99. The van der Waals surface area contributed by atoms with Crippen molar-refractivity contribution in [3.05, 3.63) is 27.7 Å². The molecule has 1 heterocycles. The molecule has 5 nitrogen and oxygen atoms in total. The van der Waals surface area contributed by atoms with Gasteiger partial charge in [0.05, 0.1) is 16.5 Å². The first-order chi connectivity index (χ1) is 8.82. The molecule has 19 heavy (non-hydrogen) atoms. The Morgan fingerprint density at radius 2 is 2.26 bits per heavy atom.